The highest BCUT2D eigenvalue weighted by Gasteiger charge is 2.01. The second-order valence-corrected chi connectivity index (χ2v) is 4.03. The first-order valence-corrected chi connectivity index (χ1v) is 5.72. The van der Waals surface area contributed by atoms with Crippen LogP contribution in [0.3, 0.4) is 0 Å². The zero-order valence-electron chi connectivity index (χ0n) is 9.11. The maximum atomic E-state index is 5.62. The van der Waals surface area contributed by atoms with Crippen LogP contribution in [0.25, 0.3) is 0 Å². The third-order valence-corrected chi connectivity index (χ3v) is 2.83. The van der Waals surface area contributed by atoms with E-state index in [4.69, 9.17) is 4.74 Å². The van der Waals surface area contributed by atoms with Crippen LogP contribution >= 0.6 is 0 Å². The molecule has 2 aliphatic carbocycles. The van der Waals surface area contributed by atoms with Crippen molar-refractivity contribution in [3.05, 3.63) is 47.6 Å². The van der Waals surface area contributed by atoms with Crippen LogP contribution in [0.15, 0.2) is 47.6 Å². The number of allylic oxidation sites excluding steroid dienone is 6. The minimum Gasteiger partial charge on any atom is -0.381 e. The monoisotopic (exact) mass is 202 g/mol. The Morgan fingerprint density at radius 1 is 0.867 bits per heavy atom. The average molecular weight is 202 g/mol. The molecule has 0 fully saturated rings. The topological polar surface area (TPSA) is 9.23 Å². The molecular weight excluding hydrogens is 184 g/mol. The maximum Gasteiger partial charge on any atom is 0.0503 e. The summed E-state index contributed by atoms with van der Waals surface area (Å²) in [5.74, 6) is 0. The van der Waals surface area contributed by atoms with E-state index in [1.165, 1.54) is 11.1 Å². The lowest BCUT2D eigenvalue weighted by Gasteiger charge is -2.05. The Hall–Kier alpha value is -1.08. The highest BCUT2D eigenvalue weighted by Crippen LogP contribution is 2.16. The molecule has 2 aliphatic rings. The minimum absolute atomic E-state index is 0.869. The Kier molecular flexibility index (Phi) is 3.98. The first-order valence-electron chi connectivity index (χ1n) is 5.72. The van der Waals surface area contributed by atoms with E-state index < -0.39 is 0 Å². The summed E-state index contributed by atoms with van der Waals surface area (Å²) in [5, 5.41) is 0. The molecule has 0 spiro atoms. The van der Waals surface area contributed by atoms with Gasteiger partial charge in [0.2, 0.25) is 0 Å². The molecular formula is C14H18O. The molecule has 0 saturated heterocycles. The van der Waals surface area contributed by atoms with Gasteiger partial charge in [-0.05, 0) is 25.7 Å². The molecule has 0 bridgehead atoms. The van der Waals surface area contributed by atoms with Crippen molar-refractivity contribution in [1.29, 1.82) is 0 Å². The Labute approximate surface area is 91.8 Å². The fourth-order valence-electron chi connectivity index (χ4n) is 1.86. The molecule has 0 radical (unpaired) electrons. The Bertz CT molecular complexity index is 286. The zero-order valence-corrected chi connectivity index (χ0v) is 9.11. The Morgan fingerprint density at radius 3 is 1.80 bits per heavy atom. The van der Waals surface area contributed by atoms with Crippen molar-refractivity contribution < 1.29 is 4.74 Å². The van der Waals surface area contributed by atoms with Gasteiger partial charge in [0, 0.05) is 0 Å². The van der Waals surface area contributed by atoms with Gasteiger partial charge in [0.15, 0.2) is 0 Å². The van der Waals surface area contributed by atoms with Crippen molar-refractivity contribution in [3.63, 3.8) is 0 Å². The standard InChI is InChI=1S/C14H18O/c1-2-6-13(5-1)9-11-15-12-10-14-7-3-4-8-14/h1-5,7H,6,8-12H2. The molecule has 0 heterocycles. The van der Waals surface area contributed by atoms with Crippen molar-refractivity contribution in [1.82, 2.24) is 0 Å². The Morgan fingerprint density at radius 2 is 1.40 bits per heavy atom. The van der Waals surface area contributed by atoms with Gasteiger partial charge in [-0.15, -0.1) is 0 Å². The third-order valence-electron chi connectivity index (χ3n) is 2.83. The van der Waals surface area contributed by atoms with Crippen molar-refractivity contribution >= 4 is 0 Å². The number of hydrogen-bond acceptors (Lipinski definition) is 1. The first-order chi connectivity index (χ1) is 7.45. The van der Waals surface area contributed by atoms with Crippen LogP contribution in [0.2, 0.25) is 0 Å². The van der Waals surface area contributed by atoms with Crippen LogP contribution in [0.1, 0.15) is 25.7 Å². The van der Waals surface area contributed by atoms with Crippen molar-refractivity contribution in [2.24, 2.45) is 0 Å². The molecule has 0 N–H and O–H groups in total. The van der Waals surface area contributed by atoms with Gasteiger partial charge in [-0.25, -0.2) is 0 Å². The predicted octanol–water partition coefficient (Wildman–Crippen LogP) is 3.56. The van der Waals surface area contributed by atoms with E-state index in [0.29, 0.717) is 0 Å². The number of rotatable bonds is 6. The summed E-state index contributed by atoms with van der Waals surface area (Å²) in [6, 6.07) is 0. The van der Waals surface area contributed by atoms with E-state index in [1.807, 2.05) is 0 Å². The lowest BCUT2D eigenvalue weighted by molar-refractivity contribution is 0.140. The molecule has 0 aliphatic heterocycles. The van der Waals surface area contributed by atoms with Crippen LogP contribution in [0.4, 0.5) is 0 Å². The van der Waals surface area contributed by atoms with Crippen molar-refractivity contribution in [2.45, 2.75) is 25.7 Å². The molecule has 1 nitrogen and oxygen atoms in total. The van der Waals surface area contributed by atoms with Crippen LogP contribution < -0.4 is 0 Å². The largest absolute Gasteiger partial charge is 0.381 e. The van der Waals surface area contributed by atoms with Crippen molar-refractivity contribution in [2.75, 3.05) is 13.2 Å². The molecule has 1 heteroatoms. The number of ether oxygens (including phenoxy) is 1. The van der Waals surface area contributed by atoms with E-state index in [2.05, 4.69) is 36.5 Å². The third kappa shape index (κ3) is 3.52. The van der Waals surface area contributed by atoms with Gasteiger partial charge >= 0.3 is 0 Å². The van der Waals surface area contributed by atoms with E-state index >= 15 is 0 Å². The summed E-state index contributed by atoms with van der Waals surface area (Å²) in [6.07, 6.45) is 17.5. The van der Waals surface area contributed by atoms with E-state index in [1.54, 1.807) is 0 Å². The van der Waals surface area contributed by atoms with Gasteiger partial charge < -0.3 is 4.74 Å². The first kappa shape index (κ1) is 10.4. The summed E-state index contributed by atoms with van der Waals surface area (Å²) >= 11 is 0. The lowest BCUT2D eigenvalue weighted by Crippen LogP contribution is -1.98. The number of hydrogen-bond donors (Lipinski definition) is 0. The summed E-state index contributed by atoms with van der Waals surface area (Å²) in [6.45, 7) is 1.74. The van der Waals surface area contributed by atoms with E-state index in [0.717, 1.165) is 38.9 Å². The van der Waals surface area contributed by atoms with Gasteiger partial charge in [-0.1, -0.05) is 47.6 Å². The van der Waals surface area contributed by atoms with Gasteiger partial charge in [0.25, 0.3) is 0 Å². The average Bonchev–Trinajstić information content (AvgIpc) is 2.88. The minimum atomic E-state index is 0.869. The van der Waals surface area contributed by atoms with Crippen LogP contribution in [-0.4, -0.2) is 13.2 Å². The quantitative estimate of drug-likeness (QED) is 0.598. The smallest absolute Gasteiger partial charge is 0.0503 e. The van der Waals surface area contributed by atoms with Gasteiger partial charge in [0.05, 0.1) is 13.2 Å². The molecule has 0 aromatic rings. The molecule has 0 unspecified atom stereocenters. The van der Waals surface area contributed by atoms with Crippen LogP contribution in [-0.2, 0) is 4.74 Å². The fourth-order valence-corrected chi connectivity index (χ4v) is 1.86. The second kappa shape index (κ2) is 5.72. The van der Waals surface area contributed by atoms with Crippen molar-refractivity contribution in [3.8, 4) is 0 Å². The maximum absolute atomic E-state index is 5.62. The Balaban J connectivity index is 1.48. The van der Waals surface area contributed by atoms with E-state index in [-0.39, 0.29) is 0 Å². The normalized spacial score (nSPS) is 18.4. The van der Waals surface area contributed by atoms with Gasteiger partial charge in [-0.3, -0.25) is 0 Å². The fraction of sp³-hybridized carbons (Fsp3) is 0.429. The summed E-state index contributed by atoms with van der Waals surface area (Å²) in [5.41, 5.74) is 2.99. The molecule has 15 heavy (non-hydrogen) atoms. The van der Waals surface area contributed by atoms with Gasteiger partial charge in [0.1, 0.15) is 0 Å². The lowest BCUT2D eigenvalue weighted by atomic mass is 10.1. The van der Waals surface area contributed by atoms with Gasteiger partial charge in [-0.2, -0.15) is 0 Å². The molecule has 0 amide bonds. The summed E-state index contributed by atoms with van der Waals surface area (Å²) in [7, 11) is 0. The van der Waals surface area contributed by atoms with Crippen LogP contribution in [0.5, 0.6) is 0 Å². The molecule has 0 aromatic carbocycles. The summed E-state index contributed by atoms with van der Waals surface area (Å²) in [4.78, 5) is 0. The molecule has 2 rings (SSSR count). The predicted molar refractivity (Wildman–Crippen MR) is 63.7 cm³/mol. The summed E-state index contributed by atoms with van der Waals surface area (Å²) < 4.78 is 5.62. The second-order valence-electron chi connectivity index (χ2n) is 4.03. The zero-order chi connectivity index (χ0) is 10.3. The molecule has 0 aromatic heterocycles. The van der Waals surface area contributed by atoms with E-state index in [9.17, 15) is 0 Å². The molecule has 0 saturated carbocycles. The molecule has 0 atom stereocenters. The highest BCUT2D eigenvalue weighted by atomic mass is 16.5. The SMILES string of the molecule is C1=CCC(CCOCCC2=CC=CC2)=C1. The van der Waals surface area contributed by atoms with Crippen LogP contribution in [0, 0.1) is 0 Å². The highest BCUT2D eigenvalue weighted by molar-refractivity contribution is 5.23. The molecule has 80 valence electrons.